The van der Waals surface area contributed by atoms with Crippen LogP contribution in [-0.4, -0.2) is 45.9 Å². The summed E-state index contributed by atoms with van der Waals surface area (Å²) in [7, 11) is 0. The average Bonchev–Trinajstić information content (AvgIpc) is 3.22. The van der Waals surface area contributed by atoms with Crippen molar-refractivity contribution in [3.8, 4) is 5.69 Å². The molecule has 1 saturated heterocycles. The lowest BCUT2D eigenvalue weighted by Crippen LogP contribution is -2.51. The Kier molecular flexibility index (Phi) is 3.63. The molecule has 1 aromatic heterocycles. The molecule has 2 aliphatic carbocycles. The number of benzene rings is 1. The molecule has 0 radical (unpaired) electrons. The zero-order chi connectivity index (χ0) is 16.8. The second kappa shape index (κ2) is 5.99. The van der Waals surface area contributed by atoms with Crippen molar-refractivity contribution in [2.75, 3.05) is 13.2 Å². The SMILES string of the molecule is O=C(c1cc(C2CC2)nn1-c1ccccc1)N1CCO[C@H]2CCC[C@H]21. The molecule has 0 N–H and O–H groups in total. The van der Waals surface area contributed by atoms with E-state index in [9.17, 15) is 4.79 Å². The molecule has 0 spiro atoms. The number of fused-ring (bicyclic) bond motifs is 1. The van der Waals surface area contributed by atoms with Gasteiger partial charge in [-0.05, 0) is 50.3 Å². The molecule has 0 unspecified atom stereocenters. The largest absolute Gasteiger partial charge is 0.374 e. The predicted octanol–water partition coefficient (Wildman–Crippen LogP) is 3.14. The summed E-state index contributed by atoms with van der Waals surface area (Å²) in [6.45, 7) is 1.32. The highest BCUT2D eigenvalue weighted by atomic mass is 16.5. The number of ether oxygens (including phenoxy) is 1. The zero-order valence-electron chi connectivity index (χ0n) is 14.3. The Morgan fingerprint density at radius 1 is 1.12 bits per heavy atom. The minimum atomic E-state index is 0.100. The van der Waals surface area contributed by atoms with Crippen LogP contribution < -0.4 is 0 Å². The van der Waals surface area contributed by atoms with Gasteiger partial charge in [-0.1, -0.05) is 18.2 Å². The number of hydrogen-bond acceptors (Lipinski definition) is 3. The van der Waals surface area contributed by atoms with E-state index in [2.05, 4.69) is 0 Å². The van der Waals surface area contributed by atoms with Crippen LogP contribution in [0.5, 0.6) is 0 Å². The van der Waals surface area contributed by atoms with Crippen LogP contribution in [0.4, 0.5) is 0 Å². The van der Waals surface area contributed by atoms with Crippen molar-refractivity contribution in [1.82, 2.24) is 14.7 Å². The van der Waals surface area contributed by atoms with E-state index in [4.69, 9.17) is 9.84 Å². The lowest BCUT2D eigenvalue weighted by atomic mass is 10.1. The molecule has 2 saturated carbocycles. The van der Waals surface area contributed by atoms with Gasteiger partial charge in [0.05, 0.1) is 30.1 Å². The molecule has 2 heterocycles. The molecule has 5 heteroatoms. The summed E-state index contributed by atoms with van der Waals surface area (Å²) in [4.78, 5) is 15.4. The lowest BCUT2D eigenvalue weighted by molar-refractivity contribution is -0.0448. The topological polar surface area (TPSA) is 47.4 Å². The maximum Gasteiger partial charge on any atom is 0.273 e. The second-order valence-corrected chi connectivity index (χ2v) is 7.38. The first-order valence-electron chi connectivity index (χ1n) is 9.39. The summed E-state index contributed by atoms with van der Waals surface area (Å²) >= 11 is 0. The monoisotopic (exact) mass is 337 g/mol. The van der Waals surface area contributed by atoms with E-state index < -0.39 is 0 Å². The van der Waals surface area contributed by atoms with Crippen molar-refractivity contribution in [2.24, 2.45) is 0 Å². The summed E-state index contributed by atoms with van der Waals surface area (Å²) in [6.07, 6.45) is 5.84. The fourth-order valence-corrected chi connectivity index (χ4v) is 4.22. The number of amides is 1. The molecule has 25 heavy (non-hydrogen) atoms. The number of morpholine rings is 1. The van der Waals surface area contributed by atoms with Crippen LogP contribution in [0.3, 0.4) is 0 Å². The normalized spacial score (nSPS) is 25.8. The summed E-state index contributed by atoms with van der Waals surface area (Å²) in [5, 5.41) is 4.78. The number of carbonyl (C=O) groups is 1. The fraction of sp³-hybridized carbons (Fsp3) is 0.500. The highest BCUT2D eigenvalue weighted by Gasteiger charge is 2.40. The van der Waals surface area contributed by atoms with E-state index >= 15 is 0 Å². The minimum Gasteiger partial charge on any atom is -0.374 e. The molecule has 130 valence electrons. The number of rotatable bonds is 3. The van der Waals surface area contributed by atoms with Gasteiger partial charge >= 0.3 is 0 Å². The van der Waals surface area contributed by atoms with Crippen molar-refractivity contribution in [3.05, 3.63) is 47.8 Å². The predicted molar refractivity (Wildman–Crippen MR) is 94.0 cm³/mol. The van der Waals surface area contributed by atoms with Gasteiger partial charge in [-0.3, -0.25) is 4.79 Å². The van der Waals surface area contributed by atoms with E-state index in [0.717, 1.165) is 30.6 Å². The molecule has 1 aliphatic heterocycles. The second-order valence-electron chi connectivity index (χ2n) is 7.38. The molecular formula is C20H23N3O2. The highest BCUT2D eigenvalue weighted by molar-refractivity contribution is 5.93. The van der Waals surface area contributed by atoms with Crippen molar-refractivity contribution >= 4 is 5.91 Å². The summed E-state index contributed by atoms with van der Waals surface area (Å²) < 4.78 is 7.71. The summed E-state index contributed by atoms with van der Waals surface area (Å²) in [6, 6.07) is 12.2. The highest BCUT2D eigenvalue weighted by Crippen LogP contribution is 2.40. The standard InChI is InChI=1S/C20H23N3O2/c24-20(22-11-12-25-19-8-4-7-17(19)22)18-13-16(14-9-10-14)21-23(18)15-5-2-1-3-6-15/h1-3,5-6,13-14,17,19H,4,7-12H2/t17-,19+/m1/s1. The fourth-order valence-electron chi connectivity index (χ4n) is 4.22. The van der Waals surface area contributed by atoms with Crippen molar-refractivity contribution in [1.29, 1.82) is 0 Å². The van der Waals surface area contributed by atoms with E-state index in [0.29, 0.717) is 24.8 Å². The maximum absolute atomic E-state index is 13.4. The molecule has 3 fully saturated rings. The van der Waals surface area contributed by atoms with Gasteiger partial charge in [-0.15, -0.1) is 0 Å². The Balaban J connectivity index is 1.52. The third kappa shape index (κ3) is 2.67. The van der Waals surface area contributed by atoms with Crippen molar-refractivity contribution in [3.63, 3.8) is 0 Å². The Morgan fingerprint density at radius 3 is 2.76 bits per heavy atom. The molecule has 1 amide bonds. The number of para-hydroxylation sites is 1. The van der Waals surface area contributed by atoms with Gasteiger partial charge in [0.1, 0.15) is 5.69 Å². The first kappa shape index (κ1) is 15.1. The van der Waals surface area contributed by atoms with Crippen LogP contribution in [0, 0.1) is 0 Å². The van der Waals surface area contributed by atoms with Gasteiger partial charge in [0.15, 0.2) is 0 Å². The molecule has 5 nitrogen and oxygen atoms in total. The maximum atomic E-state index is 13.4. The number of hydrogen-bond donors (Lipinski definition) is 0. The van der Waals surface area contributed by atoms with Gasteiger partial charge in [-0.2, -0.15) is 5.10 Å². The van der Waals surface area contributed by atoms with Crippen LogP contribution >= 0.6 is 0 Å². The Morgan fingerprint density at radius 2 is 1.96 bits per heavy atom. The van der Waals surface area contributed by atoms with Gasteiger partial charge < -0.3 is 9.64 Å². The summed E-state index contributed by atoms with van der Waals surface area (Å²) in [5.41, 5.74) is 2.71. The third-order valence-corrected chi connectivity index (χ3v) is 5.69. The number of aromatic nitrogens is 2. The van der Waals surface area contributed by atoms with Crippen LogP contribution in [-0.2, 0) is 4.74 Å². The molecule has 2 aromatic rings. The van der Waals surface area contributed by atoms with E-state index in [-0.39, 0.29) is 18.1 Å². The Bertz CT molecular complexity index is 781. The quantitative estimate of drug-likeness (QED) is 0.864. The smallest absolute Gasteiger partial charge is 0.273 e. The molecule has 5 rings (SSSR count). The van der Waals surface area contributed by atoms with Gasteiger partial charge in [0.25, 0.3) is 5.91 Å². The number of carbonyl (C=O) groups excluding carboxylic acids is 1. The third-order valence-electron chi connectivity index (χ3n) is 5.69. The zero-order valence-corrected chi connectivity index (χ0v) is 14.3. The first-order valence-corrected chi connectivity index (χ1v) is 9.39. The summed E-state index contributed by atoms with van der Waals surface area (Å²) in [5.74, 6) is 0.629. The molecule has 3 aliphatic rings. The molecule has 0 bridgehead atoms. The van der Waals surface area contributed by atoms with Crippen LogP contribution in [0.25, 0.3) is 5.69 Å². The average molecular weight is 337 g/mol. The Labute approximate surface area is 147 Å². The van der Waals surface area contributed by atoms with Gasteiger partial charge in [0.2, 0.25) is 0 Å². The van der Waals surface area contributed by atoms with E-state index in [1.165, 1.54) is 12.8 Å². The van der Waals surface area contributed by atoms with Gasteiger partial charge in [-0.25, -0.2) is 4.68 Å². The van der Waals surface area contributed by atoms with Crippen LogP contribution in [0.15, 0.2) is 36.4 Å². The number of nitrogens with zero attached hydrogens (tertiary/aromatic N) is 3. The van der Waals surface area contributed by atoms with Crippen LogP contribution in [0.1, 0.15) is 54.2 Å². The van der Waals surface area contributed by atoms with Gasteiger partial charge in [0, 0.05) is 12.5 Å². The molecular weight excluding hydrogens is 314 g/mol. The lowest BCUT2D eigenvalue weighted by Gasteiger charge is -2.37. The van der Waals surface area contributed by atoms with Crippen LogP contribution in [0.2, 0.25) is 0 Å². The molecule has 2 atom stereocenters. The van der Waals surface area contributed by atoms with E-state index in [1.54, 1.807) is 0 Å². The van der Waals surface area contributed by atoms with Crippen molar-refractivity contribution in [2.45, 2.75) is 50.2 Å². The minimum absolute atomic E-state index is 0.100. The molecule has 1 aromatic carbocycles. The Hall–Kier alpha value is -2.14. The first-order chi connectivity index (χ1) is 12.3. The van der Waals surface area contributed by atoms with Crippen molar-refractivity contribution < 1.29 is 9.53 Å². The van der Waals surface area contributed by atoms with E-state index in [1.807, 2.05) is 46.0 Å².